The Labute approximate surface area is 134 Å². The number of nitrogens with one attached hydrogen (secondary N) is 1. The third-order valence-electron chi connectivity index (χ3n) is 3.07. The molecule has 0 fully saturated rings. The van der Waals surface area contributed by atoms with Crippen LogP contribution >= 0.6 is 31.9 Å². The maximum Gasteiger partial charge on any atom is 0.0706 e. The highest BCUT2D eigenvalue weighted by atomic mass is 79.9. The Hall–Kier alpha value is -1.39. The Balaban J connectivity index is 1.83. The molecule has 0 radical (unpaired) electrons. The second-order valence-corrected chi connectivity index (χ2v) is 6.15. The summed E-state index contributed by atoms with van der Waals surface area (Å²) in [5.74, 6) is 0. The van der Waals surface area contributed by atoms with Crippen LogP contribution in [0.1, 0.15) is 5.69 Å². The average Bonchev–Trinajstić information content (AvgIpc) is 2.46. The first-order valence-corrected chi connectivity index (χ1v) is 7.85. The summed E-state index contributed by atoms with van der Waals surface area (Å²) in [6, 6.07) is 18.3. The Bertz CT molecular complexity index is 736. The highest BCUT2D eigenvalue weighted by Crippen LogP contribution is 2.30. The molecule has 0 unspecified atom stereocenters. The lowest BCUT2D eigenvalue weighted by molar-refractivity contribution is 1.06. The van der Waals surface area contributed by atoms with E-state index in [2.05, 4.69) is 60.4 Å². The molecule has 0 aliphatic heterocycles. The number of rotatable bonds is 3. The first kappa shape index (κ1) is 13.6. The zero-order valence-corrected chi connectivity index (χ0v) is 13.8. The summed E-state index contributed by atoms with van der Waals surface area (Å²) in [5, 5.41) is 4.57. The number of fused-ring (bicyclic) bond motifs is 1. The maximum absolute atomic E-state index is 4.66. The van der Waals surface area contributed by atoms with Crippen molar-refractivity contribution in [3.05, 3.63) is 69.2 Å². The Morgan fingerprint density at radius 3 is 2.40 bits per heavy atom. The molecule has 3 rings (SSSR count). The smallest absolute Gasteiger partial charge is 0.0706 e. The molecule has 0 saturated heterocycles. The second-order valence-electron chi connectivity index (χ2n) is 4.45. The molecule has 0 aliphatic rings. The molecule has 1 heterocycles. The average molecular weight is 392 g/mol. The van der Waals surface area contributed by atoms with Crippen molar-refractivity contribution in [2.75, 3.05) is 5.32 Å². The van der Waals surface area contributed by atoms with Gasteiger partial charge in [0.25, 0.3) is 0 Å². The molecule has 0 atom stereocenters. The monoisotopic (exact) mass is 390 g/mol. The van der Waals surface area contributed by atoms with Gasteiger partial charge in [-0.1, -0.05) is 30.3 Å². The van der Waals surface area contributed by atoms with E-state index < -0.39 is 0 Å². The summed E-state index contributed by atoms with van der Waals surface area (Å²) >= 11 is 7.10. The zero-order chi connectivity index (χ0) is 13.9. The first-order valence-electron chi connectivity index (χ1n) is 6.26. The van der Waals surface area contributed by atoms with Gasteiger partial charge < -0.3 is 5.32 Å². The largest absolute Gasteiger partial charge is 0.378 e. The van der Waals surface area contributed by atoms with Crippen LogP contribution in [0, 0.1) is 0 Å². The molecule has 0 saturated carbocycles. The number of nitrogens with zero attached hydrogens (tertiary/aromatic N) is 1. The number of hydrogen-bond acceptors (Lipinski definition) is 2. The van der Waals surface area contributed by atoms with Crippen LogP contribution in [0.25, 0.3) is 10.9 Å². The van der Waals surface area contributed by atoms with E-state index in [0.717, 1.165) is 25.8 Å². The van der Waals surface area contributed by atoms with E-state index >= 15 is 0 Å². The van der Waals surface area contributed by atoms with Gasteiger partial charge in [-0.3, -0.25) is 4.98 Å². The van der Waals surface area contributed by atoms with E-state index in [9.17, 15) is 0 Å². The minimum Gasteiger partial charge on any atom is -0.378 e. The minimum absolute atomic E-state index is 0.687. The minimum atomic E-state index is 0.687. The quantitative estimate of drug-likeness (QED) is 0.648. The van der Waals surface area contributed by atoms with Crippen molar-refractivity contribution in [3.63, 3.8) is 0 Å². The van der Waals surface area contributed by atoms with Crippen LogP contribution < -0.4 is 5.32 Å². The molecule has 0 amide bonds. The number of aromatic nitrogens is 1. The molecule has 0 bridgehead atoms. The van der Waals surface area contributed by atoms with Gasteiger partial charge in [-0.05, 0) is 56.1 Å². The van der Waals surface area contributed by atoms with Crippen molar-refractivity contribution in [1.29, 1.82) is 0 Å². The molecular formula is C16H12Br2N2. The number of pyridine rings is 1. The number of hydrogen-bond donors (Lipinski definition) is 1. The van der Waals surface area contributed by atoms with E-state index in [4.69, 9.17) is 0 Å². The van der Waals surface area contributed by atoms with Crippen molar-refractivity contribution >= 4 is 48.5 Å². The fraction of sp³-hybridized carbons (Fsp3) is 0.0625. The van der Waals surface area contributed by atoms with E-state index in [1.54, 1.807) is 0 Å². The predicted molar refractivity (Wildman–Crippen MR) is 90.9 cm³/mol. The summed E-state index contributed by atoms with van der Waals surface area (Å²) in [6.07, 6.45) is 0. The summed E-state index contributed by atoms with van der Waals surface area (Å²) in [7, 11) is 0. The van der Waals surface area contributed by atoms with Gasteiger partial charge in [0.05, 0.1) is 23.4 Å². The van der Waals surface area contributed by atoms with Crippen LogP contribution in [0.15, 0.2) is 63.5 Å². The molecule has 2 aromatic carbocycles. The lowest BCUT2D eigenvalue weighted by Gasteiger charge is -2.10. The fourth-order valence-electron chi connectivity index (χ4n) is 2.05. The molecule has 4 heteroatoms. The highest BCUT2D eigenvalue weighted by Gasteiger charge is 2.04. The van der Waals surface area contributed by atoms with Crippen molar-refractivity contribution in [1.82, 2.24) is 4.98 Å². The second kappa shape index (κ2) is 5.94. The van der Waals surface area contributed by atoms with Gasteiger partial charge in [-0.15, -0.1) is 0 Å². The van der Waals surface area contributed by atoms with Gasteiger partial charge in [0.1, 0.15) is 0 Å². The van der Waals surface area contributed by atoms with Crippen molar-refractivity contribution in [2.45, 2.75) is 6.54 Å². The number of anilines is 1. The van der Waals surface area contributed by atoms with Gasteiger partial charge in [0.15, 0.2) is 0 Å². The summed E-state index contributed by atoms with van der Waals surface area (Å²) in [5.41, 5.74) is 3.09. The SMILES string of the molecule is Brc1cccc(Br)c1NCc1ccc2ccccc2n1. The summed E-state index contributed by atoms with van der Waals surface area (Å²) in [4.78, 5) is 4.66. The van der Waals surface area contributed by atoms with Gasteiger partial charge in [0.2, 0.25) is 0 Å². The van der Waals surface area contributed by atoms with Crippen molar-refractivity contribution in [3.8, 4) is 0 Å². The third kappa shape index (κ3) is 2.86. The Morgan fingerprint density at radius 1 is 0.850 bits per heavy atom. The maximum atomic E-state index is 4.66. The molecule has 3 aromatic rings. The molecule has 100 valence electrons. The number of para-hydroxylation sites is 2. The zero-order valence-electron chi connectivity index (χ0n) is 10.6. The van der Waals surface area contributed by atoms with Crippen LogP contribution in [0.5, 0.6) is 0 Å². The molecule has 0 aliphatic carbocycles. The van der Waals surface area contributed by atoms with Crippen molar-refractivity contribution < 1.29 is 0 Å². The van der Waals surface area contributed by atoms with E-state index in [1.165, 1.54) is 5.39 Å². The van der Waals surface area contributed by atoms with Crippen LogP contribution in [0.2, 0.25) is 0 Å². The molecule has 1 aromatic heterocycles. The Kier molecular flexibility index (Phi) is 4.03. The van der Waals surface area contributed by atoms with Gasteiger partial charge in [0, 0.05) is 14.3 Å². The highest BCUT2D eigenvalue weighted by molar-refractivity contribution is 9.11. The number of halogens is 2. The normalized spacial score (nSPS) is 10.7. The van der Waals surface area contributed by atoms with E-state index in [1.807, 2.05) is 36.4 Å². The van der Waals surface area contributed by atoms with Crippen LogP contribution in [-0.2, 0) is 6.54 Å². The standard InChI is InChI=1S/C16H12Br2N2/c17-13-5-3-6-14(18)16(13)19-10-12-9-8-11-4-1-2-7-15(11)20-12/h1-9,19H,10H2. The van der Waals surface area contributed by atoms with Crippen LogP contribution in [-0.4, -0.2) is 4.98 Å². The molecule has 2 nitrogen and oxygen atoms in total. The van der Waals surface area contributed by atoms with Crippen molar-refractivity contribution in [2.24, 2.45) is 0 Å². The lowest BCUT2D eigenvalue weighted by atomic mass is 10.2. The van der Waals surface area contributed by atoms with Gasteiger partial charge >= 0.3 is 0 Å². The summed E-state index contributed by atoms with van der Waals surface area (Å²) < 4.78 is 2.07. The summed E-state index contributed by atoms with van der Waals surface area (Å²) in [6.45, 7) is 0.687. The third-order valence-corrected chi connectivity index (χ3v) is 4.39. The van der Waals surface area contributed by atoms with Crippen LogP contribution in [0.4, 0.5) is 5.69 Å². The van der Waals surface area contributed by atoms with Gasteiger partial charge in [-0.2, -0.15) is 0 Å². The lowest BCUT2D eigenvalue weighted by Crippen LogP contribution is -2.02. The van der Waals surface area contributed by atoms with E-state index in [0.29, 0.717) is 6.54 Å². The predicted octanol–water partition coefficient (Wildman–Crippen LogP) is 5.37. The molecule has 0 spiro atoms. The topological polar surface area (TPSA) is 24.9 Å². The number of benzene rings is 2. The Morgan fingerprint density at radius 2 is 1.60 bits per heavy atom. The van der Waals surface area contributed by atoms with E-state index in [-0.39, 0.29) is 0 Å². The van der Waals surface area contributed by atoms with Crippen LogP contribution in [0.3, 0.4) is 0 Å². The molecule has 1 N–H and O–H groups in total. The van der Waals surface area contributed by atoms with Gasteiger partial charge in [-0.25, -0.2) is 0 Å². The molecular weight excluding hydrogens is 380 g/mol. The first-order chi connectivity index (χ1) is 9.74. The fourth-order valence-corrected chi connectivity index (χ4v) is 3.33. The molecule has 20 heavy (non-hydrogen) atoms.